The highest BCUT2D eigenvalue weighted by Crippen LogP contribution is 2.37. The van der Waals surface area contributed by atoms with Crippen molar-refractivity contribution in [1.29, 1.82) is 0 Å². The van der Waals surface area contributed by atoms with E-state index >= 15 is 0 Å². The van der Waals surface area contributed by atoms with Crippen LogP contribution in [-0.2, 0) is 23.9 Å². The first-order valence-corrected chi connectivity index (χ1v) is 8.64. The second-order valence-electron chi connectivity index (χ2n) is 6.48. The monoisotopic (exact) mass is 325 g/mol. The first-order valence-electron chi connectivity index (χ1n) is 8.64. The minimum absolute atomic E-state index is 0.00486. The Kier molecular flexibility index (Phi) is 6.16. The average molecular weight is 325 g/mol. The molecular weight excluding hydrogens is 298 g/mol. The summed E-state index contributed by atoms with van der Waals surface area (Å²) in [5, 5.41) is 0. The first-order chi connectivity index (χ1) is 11.0. The van der Waals surface area contributed by atoms with Crippen LogP contribution in [0, 0.1) is 5.92 Å². The molecule has 0 radical (unpaired) electrons. The molecule has 0 atom stereocenters. The Morgan fingerprint density at radius 1 is 1.04 bits per heavy atom. The van der Waals surface area contributed by atoms with E-state index < -0.39 is 5.54 Å². The minimum atomic E-state index is -0.978. The SMILES string of the molecule is CCCC(=O)OCC1(COC(=O)CCC)C(=O)C2CCN1CC2. The van der Waals surface area contributed by atoms with Crippen LogP contribution in [-0.4, -0.2) is 54.5 Å². The summed E-state index contributed by atoms with van der Waals surface area (Å²) in [6, 6.07) is 0. The van der Waals surface area contributed by atoms with Crippen molar-refractivity contribution in [3.63, 3.8) is 0 Å². The van der Waals surface area contributed by atoms with Crippen LogP contribution in [0.2, 0.25) is 0 Å². The van der Waals surface area contributed by atoms with Gasteiger partial charge in [-0.2, -0.15) is 0 Å². The lowest BCUT2D eigenvalue weighted by atomic mass is 9.74. The lowest BCUT2D eigenvalue weighted by molar-refractivity contribution is -0.172. The van der Waals surface area contributed by atoms with Gasteiger partial charge in [0.05, 0.1) is 0 Å². The van der Waals surface area contributed by atoms with E-state index in [4.69, 9.17) is 9.47 Å². The van der Waals surface area contributed by atoms with Gasteiger partial charge in [-0.15, -0.1) is 0 Å². The van der Waals surface area contributed by atoms with Gasteiger partial charge in [0.15, 0.2) is 5.78 Å². The number of carbonyl (C=O) groups is 3. The van der Waals surface area contributed by atoms with Crippen LogP contribution >= 0.6 is 0 Å². The fraction of sp³-hybridized carbons (Fsp3) is 0.824. The third kappa shape index (κ3) is 3.91. The highest BCUT2D eigenvalue weighted by atomic mass is 16.5. The summed E-state index contributed by atoms with van der Waals surface area (Å²) >= 11 is 0. The fourth-order valence-electron chi connectivity index (χ4n) is 3.42. The molecule has 6 heteroatoms. The Morgan fingerprint density at radius 3 is 1.91 bits per heavy atom. The van der Waals surface area contributed by atoms with E-state index in [1.54, 1.807) is 0 Å². The third-order valence-corrected chi connectivity index (χ3v) is 4.78. The molecule has 0 aromatic heterocycles. The molecule has 3 rings (SSSR count). The molecule has 3 aliphatic heterocycles. The Balaban J connectivity index is 2.09. The zero-order chi connectivity index (χ0) is 16.9. The molecule has 0 unspecified atom stereocenters. The summed E-state index contributed by atoms with van der Waals surface area (Å²) in [4.78, 5) is 38.3. The lowest BCUT2D eigenvalue weighted by Crippen LogP contribution is -2.69. The number of fused-ring (bicyclic) bond motifs is 3. The predicted molar refractivity (Wildman–Crippen MR) is 83.8 cm³/mol. The number of esters is 2. The van der Waals surface area contributed by atoms with Gasteiger partial charge in [-0.05, 0) is 25.7 Å². The Labute approximate surface area is 137 Å². The summed E-state index contributed by atoms with van der Waals surface area (Å²) in [6.07, 6.45) is 3.76. The molecule has 0 aliphatic carbocycles. The van der Waals surface area contributed by atoms with Crippen LogP contribution in [0.4, 0.5) is 0 Å². The maximum absolute atomic E-state index is 12.8. The Hall–Kier alpha value is -1.43. The van der Waals surface area contributed by atoms with Gasteiger partial charge in [0.2, 0.25) is 0 Å². The van der Waals surface area contributed by atoms with Crippen molar-refractivity contribution in [2.45, 2.75) is 57.9 Å². The third-order valence-electron chi connectivity index (χ3n) is 4.78. The minimum Gasteiger partial charge on any atom is -0.463 e. The van der Waals surface area contributed by atoms with E-state index in [9.17, 15) is 14.4 Å². The first kappa shape index (κ1) is 17.9. The number of rotatable bonds is 8. The molecule has 130 valence electrons. The van der Waals surface area contributed by atoms with E-state index in [0.29, 0.717) is 25.7 Å². The van der Waals surface area contributed by atoms with Gasteiger partial charge in [-0.25, -0.2) is 0 Å². The topological polar surface area (TPSA) is 72.9 Å². The fourth-order valence-corrected chi connectivity index (χ4v) is 3.42. The molecule has 2 bridgehead atoms. The Morgan fingerprint density at radius 2 is 1.52 bits per heavy atom. The lowest BCUT2D eigenvalue weighted by Gasteiger charge is -2.51. The molecule has 6 nitrogen and oxygen atoms in total. The number of hydrogen-bond donors (Lipinski definition) is 0. The quantitative estimate of drug-likeness (QED) is 0.633. The van der Waals surface area contributed by atoms with Crippen LogP contribution < -0.4 is 0 Å². The molecule has 3 aliphatic rings. The van der Waals surface area contributed by atoms with Crippen LogP contribution in [0.5, 0.6) is 0 Å². The molecule has 3 heterocycles. The van der Waals surface area contributed by atoms with Gasteiger partial charge >= 0.3 is 11.9 Å². The second-order valence-corrected chi connectivity index (χ2v) is 6.48. The van der Waals surface area contributed by atoms with Crippen LogP contribution in [0.15, 0.2) is 0 Å². The van der Waals surface area contributed by atoms with Gasteiger partial charge in [0, 0.05) is 31.8 Å². The Bertz CT molecular complexity index is 432. The van der Waals surface area contributed by atoms with Gasteiger partial charge in [0.1, 0.15) is 18.8 Å². The molecular formula is C17H27NO5. The molecule has 0 amide bonds. The van der Waals surface area contributed by atoms with Crippen molar-refractivity contribution >= 4 is 17.7 Å². The molecule has 0 spiro atoms. The van der Waals surface area contributed by atoms with Gasteiger partial charge in [-0.3, -0.25) is 19.3 Å². The van der Waals surface area contributed by atoms with E-state index in [0.717, 1.165) is 25.9 Å². The molecule has 3 fully saturated rings. The number of ether oxygens (including phenoxy) is 2. The zero-order valence-corrected chi connectivity index (χ0v) is 14.1. The molecule has 0 saturated carbocycles. The van der Waals surface area contributed by atoms with Crippen molar-refractivity contribution in [3.05, 3.63) is 0 Å². The number of Topliss-reactive ketones (excluding diaryl/α,β-unsaturated/α-hetero) is 1. The largest absolute Gasteiger partial charge is 0.463 e. The van der Waals surface area contributed by atoms with Crippen LogP contribution in [0.3, 0.4) is 0 Å². The van der Waals surface area contributed by atoms with Crippen LogP contribution in [0.1, 0.15) is 52.4 Å². The zero-order valence-electron chi connectivity index (χ0n) is 14.1. The summed E-state index contributed by atoms with van der Waals surface area (Å²) in [6.45, 7) is 5.35. The highest BCUT2D eigenvalue weighted by molar-refractivity contribution is 5.93. The smallest absolute Gasteiger partial charge is 0.305 e. The van der Waals surface area contributed by atoms with Crippen molar-refractivity contribution in [2.24, 2.45) is 5.92 Å². The van der Waals surface area contributed by atoms with Crippen molar-refractivity contribution in [1.82, 2.24) is 4.90 Å². The molecule has 3 saturated heterocycles. The standard InChI is InChI=1S/C17H27NO5/c1-3-5-14(19)22-11-17(12-23-15(20)6-4-2)16(21)13-7-9-18(17)10-8-13/h13H,3-12H2,1-2H3. The van der Waals surface area contributed by atoms with Crippen molar-refractivity contribution < 1.29 is 23.9 Å². The summed E-state index contributed by atoms with van der Waals surface area (Å²) < 4.78 is 10.7. The molecule has 0 aromatic carbocycles. The van der Waals surface area contributed by atoms with Crippen molar-refractivity contribution in [3.8, 4) is 0 Å². The number of nitrogens with zero attached hydrogens (tertiary/aromatic N) is 1. The highest BCUT2D eigenvalue weighted by Gasteiger charge is 2.54. The average Bonchev–Trinajstić information content (AvgIpc) is 2.55. The summed E-state index contributed by atoms with van der Waals surface area (Å²) in [7, 11) is 0. The van der Waals surface area contributed by atoms with Crippen LogP contribution in [0.25, 0.3) is 0 Å². The van der Waals surface area contributed by atoms with Crippen molar-refractivity contribution in [2.75, 3.05) is 26.3 Å². The predicted octanol–water partition coefficient (Wildman–Crippen LogP) is 1.71. The second kappa shape index (κ2) is 7.90. The number of piperidine rings is 3. The van der Waals surface area contributed by atoms with E-state index in [1.807, 2.05) is 18.7 Å². The molecule has 0 N–H and O–H groups in total. The van der Waals surface area contributed by atoms with Gasteiger partial charge in [0.25, 0.3) is 0 Å². The molecule has 23 heavy (non-hydrogen) atoms. The number of carbonyl (C=O) groups excluding carboxylic acids is 3. The molecule has 0 aromatic rings. The van der Waals surface area contributed by atoms with Gasteiger partial charge < -0.3 is 9.47 Å². The normalized spacial score (nSPS) is 25.2. The van der Waals surface area contributed by atoms with E-state index in [-0.39, 0.29) is 36.9 Å². The summed E-state index contributed by atoms with van der Waals surface area (Å²) in [5.74, 6) is -0.553. The summed E-state index contributed by atoms with van der Waals surface area (Å²) in [5.41, 5.74) is -0.978. The van der Waals surface area contributed by atoms with Gasteiger partial charge in [-0.1, -0.05) is 13.8 Å². The van der Waals surface area contributed by atoms with E-state index in [1.165, 1.54) is 0 Å². The maximum atomic E-state index is 12.8. The number of ketones is 1. The maximum Gasteiger partial charge on any atom is 0.305 e. The van der Waals surface area contributed by atoms with E-state index in [2.05, 4.69) is 0 Å². The number of hydrogen-bond acceptors (Lipinski definition) is 6.